The summed E-state index contributed by atoms with van der Waals surface area (Å²) in [5, 5.41) is 15.0. The molecule has 4 rings (SSSR count). The maximum absolute atomic E-state index is 14.0. The molecule has 1 fully saturated rings. The van der Waals surface area contributed by atoms with Gasteiger partial charge in [0.2, 0.25) is 15.6 Å². The van der Waals surface area contributed by atoms with Crippen LogP contribution in [0.2, 0.25) is 0 Å². The molecule has 1 amide bonds. The predicted molar refractivity (Wildman–Crippen MR) is 146 cm³/mol. The molecule has 43 heavy (non-hydrogen) atoms. The normalized spacial score (nSPS) is 19.7. The van der Waals surface area contributed by atoms with Crippen molar-refractivity contribution in [2.24, 2.45) is 5.92 Å². The number of halogens is 3. The van der Waals surface area contributed by atoms with E-state index >= 15 is 0 Å². The van der Waals surface area contributed by atoms with Gasteiger partial charge in [0.25, 0.3) is 15.9 Å². The summed E-state index contributed by atoms with van der Waals surface area (Å²) in [5.74, 6) is -0.561. The van der Waals surface area contributed by atoms with Crippen LogP contribution in [-0.2, 0) is 24.8 Å². The van der Waals surface area contributed by atoms with Crippen LogP contribution in [0.25, 0.3) is 0 Å². The van der Waals surface area contributed by atoms with Gasteiger partial charge in [-0.25, -0.2) is 26.4 Å². The second-order valence-corrected chi connectivity index (χ2v) is 14.3. The van der Waals surface area contributed by atoms with Gasteiger partial charge >= 0.3 is 12.3 Å². The number of nitrogens with zero attached hydrogens (tertiary/aromatic N) is 3. The fourth-order valence-corrected chi connectivity index (χ4v) is 7.44. The fourth-order valence-electron chi connectivity index (χ4n) is 4.46. The number of benzene rings is 1. The average molecular weight is 656 g/mol. The molecule has 0 spiro atoms. The highest BCUT2D eigenvalue weighted by molar-refractivity contribution is 7.93. The van der Waals surface area contributed by atoms with Gasteiger partial charge in [0.15, 0.2) is 4.90 Å². The molecule has 1 aliphatic carbocycles. The van der Waals surface area contributed by atoms with Crippen molar-refractivity contribution in [3.05, 3.63) is 24.4 Å². The standard InChI is InChI=1S/C24H32F3N5O9S2/c1-14(16-12-19(16)42(35,36)28-4)31-13-20(21(30-31)40-10-8-33)43(37,38)32-7-9-39-18-6-5-15(11-17(18)32)29-22(34)41-23(2,3)24(25,26)27/h5-6,11,13-14,16,19,28,33H,7-10,12H2,1-4H3,(H,29,34). The summed E-state index contributed by atoms with van der Waals surface area (Å²) < 4.78 is 112. The monoisotopic (exact) mass is 655 g/mol. The van der Waals surface area contributed by atoms with Gasteiger partial charge < -0.3 is 19.3 Å². The Bertz CT molecular complexity index is 1580. The van der Waals surface area contributed by atoms with Gasteiger partial charge in [0, 0.05) is 17.8 Å². The number of carbonyl (C=O) groups excluding carboxylic acids is 1. The lowest BCUT2D eigenvalue weighted by Gasteiger charge is -2.31. The number of carbonyl (C=O) groups is 1. The van der Waals surface area contributed by atoms with Crippen LogP contribution in [-0.4, -0.2) is 88.3 Å². The Balaban J connectivity index is 1.64. The second kappa shape index (κ2) is 11.7. The molecule has 1 saturated carbocycles. The topological polar surface area (TPSA) is 178 Å². The SMILES string of the molecule is CNS(=O)(=O)C1CC1C(C)n1cc(S(=O)(=O)N2CCOc3ccc(NC(=O)OC(C)(C)C(F)(F)F)cc32)c(OCCO)n1. The molecule has 2 aliphatic rings. The number of sulfonamides is 2. The number of nitrogens with one attached hydrogen (secondary N) is 2. The summed E-state index contributed by atoms with van der Waals surface area (Å²) in [6.07, 6.45) is -4.70. The summed E-state index contributed by atoms with van der Waals surface area (Å²) in [6, 6.07) is 3.31. The number of aliphatic hydroxyl groups is 1. The van der Waals surface area contributed by atoms with Crippen LogP contribution < -0.4 is 23.8 Å². The molecule has 3 N–H and O–H groups in total. The number of ether oxygens (including phenoxy) is 3. The van der Waals surface area contributed by atoms with E-state index in [9.17, 15) is 39.9 Å². The van der Waals surface area contributed by atoms with Gasteiger partial charge in [0.05, 0.1) is 30.1 Å². The highest BCUT2D eigenvalue weighted by Crippen LogP contribution is 2.46. The maximum atomic E-state index is 14.0. The summed E-state index contributed by atoms with van der Waals surface area (Å²) in [6.45, 7) is 2.10. The van der Waals surface area contributed by atoms with Crippen LogP contribution in [0.4, 0.5) is 29.3 Å². The predicted octanol–water partition coefficient (Wildman–Crippen LogP) is 2.23. The van der Waals surface area contributed by atoms with E-state index in [4.69, 9.17) is 9.47 Å². The third-order valence-electron chi connectivity index (χ3n) is 7.12. The zero-order valence-electron chi connectivity index (χ0n) is 23.6. The molecule has 3 atom stereocenters. The van der Waals surface area contributed by atoms with Crippen LogP contribution in [0.5, 0.6) is 11.6 Å². The molecule has 3 unspecified atom stereocenters. The average Bonchev–Trinajstić information content (AvgIpc) is 3.62. The minimum Gasteiger partial charge on any atom is -0.489 e. The van der Waals surface area contributed by atoms with Gasteiger partial charge in [-0.15, -0.1) is 5.10 Å². The third kappa shape index (κ3) is 6.63. The minimum absolute atomic E-state index is 0.0320. The lowest BCUT2D eigenvalue weighted by atomic mass is 10.1. The van der Waals surface area contributed by atoms with Gasteiger partial charge in [-0.2, -0.15) is 13.2 Å². The number of hydrogen-bond acceptors (Lipinski definition) is 10. The van der Waals surface area contributed by atoms with E-state index in [2.05, 4.69) is 19.9 Å². The number of aromatic nitrogens is 2. The molecule has 1 aromatic carbocycles. The minimum atomic E-state index is -4.84. The number of aliphatic hydroxyl groups excluding tert-OH is 1. The van der Waals surface area contributed by atoms with E-state index in [1.165, 1.54) is 36.1 Å². The number of anilines is 2. The number of hydrogen-bond donors (Lipinski definition) is 3. The second-order valence-electron chi connectivity index (χ2n) is 10.4. The molecule has 0 saturated heterocycles. The van der Waals surface area contributed by atoms with Crippen LogP contribution in [0.1, 0.15) is 33.2 Å². The van der Waals surface area contributed by atoms with Crippen LogP contribution >= 0.6 is 0 Å². The fraction of sp³-hybridized carbons (Fsp3) is 0.583. The molecule has 2 heterocycles. The molecule has 14 nitrogen and oxygen atoms in total. The lowest BCUT2D eigenvalue weighted by Crippen LogP contribution is -2.44. The highest BCUT2D eigenvalue weighted by Gasteiger charge is 2.52. The molecule has 1 aliphatic heterocycles. The van der Waals surface area contributed by atoms with Crippen molar-refractivity contribution < 1.29 is 54.1 Å². The van der Waals surface area contributed by atoms with Gasteiger partial charge in [-0.3, -0.25) is 14.3 Å². The molecule has 240 valence electrons. The van der Waals surface area contributed by atoms with Gasteiger partial charge in [-0.05, 0) is 52.4 Å². The first-order chi connectivity index (χ1) is 19.9. The number of alkyl halides is 3. The third-order valence-corrected chi connectivity index (χ3v) is 10.8. The zero-order chi connectivity index (χ0) is 32.0. The smallest absolute Gasteiger partial charge is 0.427 e. The summed E-state index contributed by atoms with van der Waals surface area (Å²) in [5.41, 5.74) is -2.89. The molecule has 0 radical (unpaired) electrons. The molecular formula is C24H32F3N5O9S2. The van der Waals surface area contributed by atoms with Crippen LogP contribution in [0.3, 0.4) is 0 Å². The molecule has 2 aromatic rings. The maximum Gasteiger partial charge on any atom is 0.427 e. The largest absolute Gasteiger partial charge is 0.489 e. The van der Waals surface area contributed by atoms with Crippen molar-refractivity contribution in [3.8, 4) is 11.6 Å². The van der Waals surface area contributed by atoms with Crippen molar-refractivity contribution in [1.29, 1.82) is 0 Å². The highest BCUT2D eigenvalue weighted by atomic mass is 32.2. The molecular weight excluding hydrogens is 623 g/mol. The summed E-state index contributed by atoms with van der Waals surface area (Å²) >= 11 is 0. The number of rotatable bonds is 11. The Kier molecular flexibility index (Phi) is 8.85. The van der Waals surface area contributed by atoms with E-state index in [1.54, 1.807) is 6.92 Å². The first-order valence-corrected chi connectivity index (χ1v) is 16.0. The van der Waals surface area contributed by atoms with Crippen molar-refractivity contribution in [2.45, 2.75) is 55.2 Å². The van der Waals surface area contributed by atoms with Crippen molar-refractivity contribution in [3.63, 3.8) is 0 Å². The van der Waals surface area contributed by atoms with Gasteiger partial charge in [0.1, 0.15) is 19.0 Å². The quantitative estimate of drug-likeness (QED) is 0.325. The Morgan fingerprint density at radius 3 is 2.58 bits per heavy atom. The van der Waals surface area contributed by atoms with Crippen LogP contribution in [0.15, 0.2) is 29.3 Å². The first kappa shape index (κ1) is 32.6. The Morgan fingerprint density at radius 2 is 1.95 bits per heavy atom. The summed E-state index contributed by atoms with van der Waals surface area (Å²) in [7, 11) is -6.69. The van der Waals surface area contributed by atoms with Crippen molar-refractivity contribution in [1.82, 2.24) is 14.5 Å². The van der Waals surface area contributed by atoms with E-state index in [-0.39, 0.29) is 53.6 Å². The van der Waals surface area contributed by atoms with E-state index in [0.29, 0.717) is 20.3 Å². The Hall–Kier alpha value is -3.29. The van der Waals surface area contributed by atoms with Crippen LogP contribution in [0, 0.1) is 5.92 Å². The molecule has 19 heteroatoms. The zero-order valence-corrected chi connectivity index (χ0v) is 25.2. The summed E-state index contributed by atoms with van der Waals surface area (Å²) in [4.78, 5) is 11.9. The number of fused-ring (bicyclic) bond motifs is 1. The first-order valence-electron chi connectivity index (χ1n) is 13.0. The Morgan fingerprint density at radius 1 is 1.26 bits per heavy atom. The number of amides is 1. The van der Waals surface area contributed by atoms with Crippen molar-refractivity contribution >= 4 is 37.5 Å². The van der Waals surface area contributed by atoms with E-state index < -0.39 is 55.8 Å². The lowest BCUT2D eigenvalue weighted by molar-refractivity contribution is -0.242. The molecule has 0 bridgehead atoms. The Labute approximate surface area is 246 Å². The van der Waals surface area contributed by atoms with Gasteiger partial charge in [-0.1, -0.05) is 0 Å². The molecule has 1 aromatic heterocycles. The van der Waals surface area contributed by atoms with E-state index in [0.717, 1.165) is 4.31 Å². The van der Waals surface area contributed by atoms with Crippen molar-refractivity contribution in [2.75, 3.05) is 43.0 Å². The van der Waals surface area contributed by atoms with E-state index in [1.807, 2.05) is 0 Å².